The third-order valence-electron chi connectivity index (χ3n) is 4.51. The average Bonchev–Trinajstić information content (AvgIpc) is 2.31. The summed E-state index contributed by atoms with van der Waals surface area (Å²) in [6.45, 7) is 2.00. The lowest BCUT2D eigenvalue weighted by atomic mass is 9.74. The molecule has 19 heavy (non-hydrogen) atoms. The number of carbonyl (C=O) groups is 2. The van der Waals surface area contributed by atoms with E-state index < -0.39 is 12.2 Å². The Morgan fingerprint density at radius 1 is 1.26 bits per heavy atom. The second kappa shape index (κ2) is 6.01. The molecule has 1 aliphatic carbocycles. The molecule has 2 amide bonds. The van der Waals surface area contributed by atoms with Crippen molar-refractivity contribution in [2.24, 2.45) is 17.8 Å². The van der Waals surface area contributed by atoms with E-state index in [1.165, 1.54) is 0 Å². The summed E-state index contributed by atoms with van der Waals surface area (Å²) in [5.74, 6) is -0.522. The van der Waals surface area contributed by atoms with Crippen LogP contribution in [0.4, 0.5) is 0 Å². The van der Waals surface area contributed by atoms with Gasteiger partial charge in [-0.1, -0.05) is 13.3 Å². The predicted molar refractivity (Wildman–Crippen MR) is 69.0 cm³/mol. The minimum absolute atomic E-state index is 0.0966. The van der Waals surface area contributed by atoms with Gasteiger partial charge in [0.05, 0.1) is 12.2 Å². The van der Waals surface area contributed by atoms with Crippen molar-refractivity contribution in [2.45, 2.75) is 57.7 Å². The Morgan fingerprint density at radius 2 is 1.89 bits per heavy atom. The zero-order valence-corrected chi connectivity index (χ0v) is 11.3. The molecular formula is C14H23NO4. The molecule has 1 heterocycles. The zero-order chi connectivity index (χ0) is 14.0. The van der Waals surface area contributed by atoms with Gasteiger partial charge in [0.1, 0.15) is 0 Å². The Kier molecular flexibility index (Phi) is 4.58. The second-order valence-electron chi connectivity index (χ2n) is 6.11. The van der Waals surface area contributed by atoms with Gasteiger partial charge >= 0.3 is 0 Å². The van der Waals surface area contributed by atoms with Gasteiger partial charge in [-0.3, -0.25) is 14.9 Å². The molecule has 1 aliphatic heterocycles. The van der Waals surface area contributed by atoms with E-state index in [0.717, 1.165) is 19.3 Å². The van der Waals surface area contributed by atoms with Gasteiger partial charge in [-0.2, -0.15) is 0 Å². The molecule has 0 aromatic carbocycles. The Balaban J connectivity index is 1.91. The number of hydrogen-bond donors (Lipinski definition) is 3. The number of hydrogen-bond acceptors (Lipinski definition) is 4. The van der Waals surface area contributed by atoms with E-state index in [4.69, 9.17) is 0 Å². The van der Waals surface area contributed by atoms with Crippen LogP contribution in [0, 0.1) is 17.8 Å². The number of aliphatic hydroxyl groups is 2. The van der Waals surface area contributed by atoms with E-state index >= 15 is 0 Å². The normalized spacial score (nSPS) is 35.0. The molecule has 108 valence electrons. The maximum atomic E-state index is 11.3. The van der Waals surface area contributed by atoms with Crippen molar-refractivity contribution in [3.8, 4) is 0 Å². The highest BCUT2D eigenvalue weighted by Crippen LogP contribution is 2.34. The fourth-order valence-electron chi connectivity index (χ4n) is 3.40. The molecule has 2 aliphatic rings. The first-order valence-corrected chi connectivity index (χ1v) is 7.16. The molecule has 2 fully saturated rings. The molecule has 0 bridgehead atoms. The van der Waals surface area contributed by atoms with Crippen LogP contribution in [0.15, 0.2) is 0 Å². The number of carbonyl (C=O) groups excluding carboxylic acids is 2. The lowest BCUT2D eigenvalue weighted by Gasteiger charge is -2.37. The van der Waals surface area contributed by atoms with Crippen LogP contribution in [0.25, 0.3) is 0 Å². The van der Waals surface area contributed by atoms with Crippen LogP contribution in [-0.4, -0.2) is 34.2 Å². The third kappa shape index (κ3) is 3.54. The molecule has 0 unspecified atom stereocenters. The number of aliphatic hydroxyl groups excluding tert-OH is 2. The highest BCUT2D eigenvalue weighted by Gasteiger charge is 2.36. The lowest BCUT2D eigenvalue weighted by Crippen LogP contribution is -2.43. The molecule has 0 radical (unpaired) electrons. The van der Waals surface area contributed by atoms with Crippen molar-refractivity contribution in [3.05, 3.63) is 0 Å². The van der Waals surface area contributed by atoms with Crippen LogP contribution < -0.4 is 5.32 Å². The van der Waals surface area contributed by atoms with Crippen molar-refractivity contribution in [2.75, 3.05) is 0 Å². The van der Waals surface area contributed by atoms with Crippen LogP contribution >= 0.6 is 0 Å². The topological polar surface area (TPSA) is 86.6 Å². The van der Waals surface area contributed by atoms with Gasteiger partial charge in [0.15, 0.2) is 0 Å². The molecule has 5 heteroatoms. The van der Waals surface area contributed by atoms with Crippen molar-refractivity contribution >= 4 is 11.8 Å². The first-order valence-electron chi connectivity index (χ1n) is 7.16. The quantitative estimate of drug-likeness (QED) is 0.654. The maximum Gasteiger partial charge on any atom is 0.226 e. The number of amides is 2. The van der Waals surface area contributed by atoms with Crippen LogP contribution in [0.1, 0.15) is 45.4 Å². The predicted octanol–water partition coefficient (Wildman–Crippen LogP) is 0.587. The molecule has 5 nitrogen and oxygen atoms in total. The van der Waals surface area contributed by atoms with Gasteiger partial charge < -0.3 is 10.2 Å². The van der Waals surface area contributed by atoms with E-state index in [1.807, 2.05) is 6.92 Å². The van der Waals surface area contributed by atoms with Crippen molar-refractivity contribution < 1.29 is 19.8 Å². The smallest absolute Gasteiger partial charge is 0.226 e. The molecule has 1 saturated carbocycles. The summed E-state index contributed by atoms with van der Waals surface area (Å²) in [5.41, 5.74) is 0. The average molecular weight is 269 g/mol. The molecule has 1 saturated heterocycles. The monoisotopic (exact) mass is 269 g/mol. The van der Waals surface area contributed by atoms with Crippen LogP contribution in [-0.2, 0) is 9.59 Å². The van der Waals surface area contributed by atoms with Gasteiger partial charge in [-0.15, -0.1) is 0 Å². The Labute approximate surface area is 113 Å². The van der Waals surface area contributed by atoms with Gasteiger partial charge in [0.25, 0.3) is 0 Å². The van der Waals surface area contributed by atoms with Crippen molar-refractivity contribution in [3.63, 3.8) is 0 Å². The summed E-state index contributed by atoms with van der Waals surface area (Å²) in [6.07, 6.45) is 2.74. The number of imide groups is 1. The Hall–Kier alpha value is -0.940. The summed E-state index contributed by atoms with van der Waals surface area (Å²) < 4.78 is 0. The molecule has 2 rings (SSSR count). The molecule has 4 atom stereocenters. The van der Waals surface area contributed by atoms with Crippen molar-refractivity contribution in [1.82, 2.24) is 5.32 Å². The SMILES string of the molecule is C[C@@H]1CCC[C@@H]([C@H](O)CC2CC(=O)NC(=O)C2)[C@@H]1O. The Bertz CT molecular complexity index is 341. The zero-order valence-electron chi connectivity index (χ0n) is 11.3. The van der Waals surface area contributed by atoms with Gasteiger partial charge in [0, 0.05) is 18.8 Å². The second-order valence-corrected chi connectivity index (χ2v) is 6.11. The molecule has 0 spiro atoms. The molecular weight excluding hydrogens is 246 g/mol. The fraction of sp³-hybridized carbons (Fsp3) is 0.857. The molecule has 0 aromatic rings. The summed E-state index contributed by atoms with van der Waals surface area (Å²) in [7, 11) is 0. The summed E-state index contributed by atoms with van der Waals surface area (Å²) in [5, 5.41) is 22.7. The van der Waals surface area contributed by atoms with E-state index in [0.29, 0.717) is 19.3 Å². The van der Waals surface area contributed by atoms with Gasteiger partial charge in [0.2, 0.25) is 11.8 Å². The first-order chi connectivity index (χ1) is 8.97. The third-order valence-corrected chi connectivity index (χ3v) is 4.51. The van der Waals surface area contributed by atoms with E-state index in [-0.39, 0.29) is 29.6 Å². The number of piperidine rings is 1. The standard InChI is InChI=1S/C14H23NO4/c1-8-3-2-4-10(14(8)19)11(16)5-9-6-12(17)15-13(18)7-9/h8-11,14,16,19H,2-7H2,1H3,(H,15,17,18)/t8-,10+,11-,14-/m1/s1. The minimum Gasteiger partial charge on any atom is -0.393 e. The van der Waals surface area contributed by atoms with E-state index in [1.54, 1.807) is 0 Å². The van der Waals surface area contributed by atoms with Crippen molar-refractivity contribution in [1.29, 1.82) is 0 Å². The summed E-state index contributed by atoms with van der Waals surface area (Å²) >= 11 is 0. The number of rotatable bonds is 3. The summed E-state index contributed by atoms with van der Waals surface area (Å²) in [4.78, 5) is 22.6. The van der Waals surface area contributed by atoms with Crippen LogP contribution in [0.2, 0.25) is 0 Å². The fourth-order valence-corrected chi connectivity index (χ4v) is 3.40. The van der Waals surface area contributed by atoms with Gasteiger partial charge in [-0.25, -0.2) is 0 Å². The van der Waals surface area contributed by atoms with Crippen LogP contribution in [0.5, 0.6) is 0 Å². The maximum absolute atomic E-state index is 11.3. The van der Waals surface area contributed by atoms with E-state index in [2.05, 4.69) is 5.32 Å². The largest absolute Gasteiger partial charge is 0.393 e. The first kappa shape index (κ1) is 14.5. The summed E-state index contributed by atoms with van der Waals surface area (Å²) in [6, 6.07) is 0. The lowest BCUT2D eigenvalue weighted by molar-refractivity contribution is -0.135. The van der Waals surface area contributed by atoms with Gasteiger partial charge in [-0.05, 0) is 31.1 Å². The highest BCUT2D eigenvalue weighted by molar-refractivity contribution is 5.97. The van der Waals surface area contributed by atoms with E-state index in [9.17, 15) is 19.8 Å². The highest BCUT2D eigenvalue weighted by atomic mass is 16.3. The Morgan fingerprint density at radius 3 is 2.53 bits per heavy atom. The minimum atomic E-state index is -0.624. The number of nitrogens with one attached hydrogen (secondary N) is 1. The van der Waals surface area contributed by atoms with Crippen LogP contribution in [0.3, 0.4) is 0 Å². The molecule has 3 N–H and O–H groups in total. The molecule has 0 aromatic heterocycles.